The van der Waals surface area contributed by atoms with Crippen molar-refractivity contribution in [2.75, 3.05) is 32.8 Å². The number of carbonyl (C=O) groups is 1. The van der Waals surface area contributed by atoms with Gasteiger partial charge in [0.2, 0.25) is 5.88 Å². The van der Waals surface area contributed by atoms with Crippen LogP contribution in [0.25, 0.3) is 0 Å². The van der Waals surface area contributed by atoms with E-state index in [0.717, 1.165) is 17.7 Å². The minimum absolute atomic E-state index is 0.0918. The lowest BCUT2D eigenvalue weighted by Gasteiger charge is -2.24. The number of morpholine rings is 1. The molecule has 10 heteroatoms. The Kier molecular flexibility index (Phi) is 7.07. The minimum Gasteiger partial charge on any atom is -0.545 e. The molecule has 3 rings (SSSR count). The van der Waals surface area contributed by atoms with Crippen molar-refractivity contribution in [2.45, 2.75) is 13.5 Å². The van der Waals surface area contributed by atoms with E-state index < -0.39 is 11.5 Å². The zero-order chi connectivity index (χ0) is 22.5. The van der Waals surface area contributed by atoms with Crippen molar-refractivity contribution >= 4 is 29.5 Å². The molecule has 0 bridgehead atoms. The summed E-state index contributed by atoms with van der Waals surface area (Å²) in [6, 6.07) is 5.80. The molecule has 0 radical (unpaired) electrons. The second-order valence-electron chi connectivity index (χ2n) is 7.13. The number of aliphatic imine (C=N–C) groups is 1. The molecule has 2 heterocycles. The lowest BCUT2D eigenvalue weighted by Crippen LogP contribution is -3.14. The number of nitriles is 1. The molecule has 31 heavy (non-hydrogen) atoms. The molecule has 0 spiro atoms. The molecule has 1 fully saturated rings. The SMILES string of the molecule is Cc1c(C=Nc2cc(C(=O)[O-])ccc2Cl)c(O)n(CC[NH+]2CCOCC2)c(=O)c1C#N. The number of hydrogen-bond acceptors (Lipinski definition) is 7. The highest BCUT2D eigenvalue weighted by atomic mass is 35.5. The number of aromatic nitrogens is 1. The van der Waals surface area contributed by atoms with Crippen molar-refractivity contribution in [3.05, 3.63) is 55.8 Å². The predicted molar refractivity (Wildman–Crippen MR) is 111 cm³/mol. The molecule has 2 N–H and O–H groups in total. The molecule has 0 amide bonds. The zero-order valence-electron chi connectivity index (χ0n) is 16.9. The number of aromatic hydroxyl groups is 1. The Bertz CT molecular complexity index is 1130. The first-order chi connectivity index (χ1) is 14.8. The van der Waals surface area contributed by atoms with E-state index in [9.17, 15) is 25.1 Å². The van der Waals surface area contributed by atoms with E-state index in [4.69, 9.17) is 16.3 Å². The average molecular weight is 445 g/mol. The summed E-state index contributed by atoms with van der Waals surface area (Å²) < 4.78 is 6.49. The lowest BCUT2D eigenvalue weighted by molar-refractivity contribution is -0.908. The average Bonchev–Trinajstić information content (AvgIpc) is 2.75. The Morgan fingerprint density at radius 1 is 1.45 bits per heavy atom. The van der Waals surface area contributed by atoms with Crippen molar-refractivity contribution in [3.63, 3.8) is 0 Å². The van der Waals surface area contributed by atoms with Crippen LogP contribution in [0.15, 0.2) is 28.0 Å². The predicted octanol–water partition coefficient (Wildman–Crippen LogP) is -0.583. The Morgan fingerprint density at radius 2 is 2.16 bits per heavy atom. The molecule has 1 aromatic heterocycles. The van der Waals surface area contributed by atoms with Gasteiger partial charge >= 0.3 is 0 Å². The van der Waals surface area contributed by atoms with E-state index in [0.29, 0.717) is 19.8 Å². The van der Waals surface area contributed by atoms with E-state index in [1.54, 1.807) is 0 Å². The molecule has 0 saturated carbocycles. The number of pyridine rings is 1. The van der Waals surface area contributed by atoms with Gasteiger partial charge in [0.25, 0.3) is 5.56 Å². The van der Waals surface area contributed by atoms with Crippen LogP contribution in [0.5, 0.6) is 5.88 Å². The maximum atomic E-state index is 12.7. The van der Waals surface area contributed by atoms with Gasteiger partial charge in [0.1, 0.15) is 24.7 Å². The molecular formula is C21H21ClN4O5. The Labute approximate surface area is 183 Å². The summed E-state index contributed by atoms with van der Waals surface area (Å²) in [5, 5.41) is 31.5. The van der Waals surface area contributed by atoms with Gasteiger partial charge in [-0.05, 0) is 30.2 Å². The summed E-state index contributed by atoms with van der Waals surface area (Å²) in [5.41, 5.74) is -0.158. The fourth-order valence-electron chi connectivity index (χ4n) is 3.39. The largest absolute Gasteiger partial charge is 0.545 e. The number of nitrogens with one attached hydrogen (secondary N) is 1. The summed E-state index contributed by atoms with van der Waals surface area (Å²) in [6.45, 7) is 5.21. The van der Waals surface area contributed by atoms with Crippen LogP contribution in [0.4, 0.5) is 5.69 Å². The summed E-state index contributed by atoms with van der Waals surface area (Å²) in [6.07, 6.45) is 1.27. The molecule has 162 valence electrons. The van der Waals surface area contributed by atoms with Crippen molar-refractivity contribution < 1.29 is 24.6 Å². The number of rotatable bonds is 6. The maximum absolute atomic E-state index is 12.7. The van der Waals surface area contributed by atoms with E-state index in [-0.39, 0.29) is 45.4 Å². The Hall–Kier alpha value is -3.19. The molecule has 1 aliphatic rings. The number of carboxylic acid groups (broad SMARTS) is 1. The van der Waals surface area contributed by atoms with Gasteiger partial charge in [0.05, 0.1) is 48.5 Å². The van der Waals surface area contributed by atoms with Crippen molar-refractivity contribution in [1.29, 1.82) is 5.26 Å². The third kappa shape index (κ3) is 4.94. The molecule has 9 nitrogen and oxygen atoms in total. The minimum atomic E-state index is -1.38. The second kappa shape index (κ2) is 9.75. The summed E-state index contributed by atoms with van der Waals surface area (Å²) >= 11 is 6.09. The van der Waals surface area contributed by atoms with Gasteiger partial charge in [0.15, 0.2) is 0 Å². The van der Waals surface area contributed by atoms with Crippen molar-refractivity contribution in [3.8, 4) is 11.9 Å². The molecule has 1 aromatic carbocycles. The van der Waals surface area contributed by atoms with Crippen LogP contribution in [-0.4, -0.2) is 54.7 Å². The van der Waals surface area contributed by atoms with Gasteiger partial charge in [0, 0.05) is 6.21 Å². The molecule has 1 saturated heterocycles. The molecule has 0 aliphatic carbocycles. The van der Waals surface area contributed by atoms with E-state index >= 15 is 0 Å². The van der Waals surface area contributed by atoms with Crippen LogP contribution in [0.3, 0.4) is 0 Å². The highest BCUT2D eigenvalue weighted by Gasteiger charge is 2.20. The topological polar surface area (TPSA) is 132 Å². The molecule has 1 aliphatic heterocycles. The third-order valence-corrected chi connectivity index (χ3v) is 5.57. The maximum Gasteiger partial charge on any atom is 0.271 e. The van der Waals surface area contributed by atoms with Crippen molar-refractivity contribution in [1.82, 2.24) is 4.57 Å². The highest BCUT2D eigenvalue weighted by molar-refractivity contribution is 6.33. The van der Waals surface area contributed by atoms with Gasteiger partial charge in [-0.2, -0.15) is 5.26 Å². The standard InChI is InChI=1S/C21H21ClN4O5/c1-13-15(11-23)19(27)26(5-4-25-6-8-31-9-7-25)20(28)16(13)12-24-18-10-14(21(29)30)2-3-17(18)22/h2-3,10,12,28H,4-9H2,1H3,(H,29,30). The molecular weight excluding hydrogens is 424 g/mol. The highest BCUT2D eigenvalue weighted by Crippen LogP contribution is 2.27. The molecule has 0 unspecified atom stereocenters. The first-order valence-corrected chi connectivity index (χ1v) is 10.0. The van der Waals surface area contributed by atoms with E-state index in [1.165, 1.54) is 36.2 Å². The number of hydrogen-bond donors (Lipinski definition) is 2. The monoisotopic (exact) mass is 444 g/mol. The quantitative estimate of drug-likeness (QED) is 0.573. The summed E-state index contributed by atoms with van der Waals surface area (Å²) in [5.74, 6) is -1.69. The summed E-state index contributed by atoms with van der Waals surface area (Å²) in [7, 11) is 0. The fourth-order valence-corrected chi connectivity index (χ4v) is 3.55. The van der Waals surface area contributed by atoms with E-state index in [1.807, 2.05) is 6.07 Å². The van der Waals surface area contributed by atoms with Gasteiger partial charge in [-0.3, -0.25) is 14.4 Å². The molecule has 2 aromatic rings. The van der Waals surface area contributed by atoms with Crippen LogP contribution >= 0.6 is 11.6 Å². The van der Waals surface area contributed by atoms with Crippen LogP contribution < -0.4 is 15.6 Å². The fraction of sp³-hybridized carbons (Fsp3) is 0.333. The first-order valence-electron chi connectivity index (χ1n) is 9.66. The number of carboxylic acids is 1. The first kappa shape index (κ1) is 22.5. The smallest absolute Gasteiger partial charge is 0.271 e. The number of aromatic carboxylic acids is 1. The lowest BCUT2D eigenvalue weighted by atomic mass is 10.1. The van der Waals surface area contributed by atoms with Gasteiger partial charge in [-0.25, -0.2) is 0 Å². The van der Waals surface area contributed by atoms with Crippen molar-refractivity contribution in [2.24, 2.45) is 4.99 Å². The summed E-state index contributed by atoms with van der Waals surface area (Å²) in [4.78, 5) is 29.2. The van der Waals surface area contributed by atoms with Crippen LogP contribution in [0, 0.1) is 18.3 Å². The van der Waals surface area contributed by atoms with Gasteiger partial charge in [-0.15, -0.1) is 0 Å². The number of ether oxygens (including phenoxy) is 1. The second-order valence-corrected chi connectivity index (χ2v) is 7.54. The zero-order valence-corrected chi connectivity index (χ0v) is 17.6. The number of carbonyl (C=O) groups excluding carboxylic acids is 1. The van der Waals surface area contributed by atoms with Crippen LogP contribution in [0.2, 0.25) is 5.02 Å². The third-order valence-electron chi connectivity index (χ3n) is 5.25. The number of benzene rings is 1. The normalized spacial score (nSPS) is 14.6. The van der Waals surface area contributed by atoms with Crippen LogP contribution in [0.1, 0.15) is 27.0 Å². The van der Waals surface area contributed by atoms with Gasteiger partial charge < -0.3 is 24.6 Å². The van der Waals surface area contributed by atoms with E-state index in [2.05, 4.69) is 4.99 Å². The Balaban J connectivity index is 1.99. The van der Waals surface area contributed by atoms with Crippen LogP contribution in [-0.2, 0) is 11.3 Å². The number of quaternary nitrogens is 1. The van der Waals surface area contributed by atoms with Gasteiger partial charge in [-0.1, -0.05) is 17.7 Å². The molecule has 0 atom stereocenters. The Morgan fingerprint density at radius 3 is 2.81 bits per heavy atom. The number of halogens is 1. The number of nitrogens with zero attached hydrogens (tertiary/aromatic N) is 3.